The second-order valence-electron chi connectivity index (χ2n) is 8.38. The van der Waals surface area contributed by atoms with Crippen molar-refractivity contribution in [2.75, 3.05) is 26.2 Å². The minimum absolute atomic E-state index is 0.0647. The van der Waals surface area contributed by atoms with Gasteiger partial charge in [-0.15, -0.1) is 0 Å². The van der Waals surface area contributed by atoms with Crippen LogP contribution in [0.3, 0.4) is 0 Å². The first-order valence-corrected chi connectivity index (χ1v) is 10.9. The third-order valence-electron chi connectivity index (χ3n) is 6.45. The van der Waals surface area contributed by atoms with Crippen molar-refractivity contribution in [3.05, 3.63) is 47.1 Å². The normalized spacial score (nSPS) is 19.2. The Hall–Kier alpha value is -2.41. The van der Waals surface area contributed by atoms with Crippen molar-refractivity contribution >= 4 is 5.91 Å². The molecule has 0 radical (unpaired) electrons. The molecule has 1 aromatic carbocycles. The van der Waals surface area contributed by atoms with Gasteiger partial charge in [0.05, 0.1) is 12.1 Å². The first kappa shape index (κ1) is 20.8. The summed E-state index contributed by atoms with van der Waals surface area (Å²) in [6.45, 7) is 7.23. The third-order valence-corrected chi connectivity index (χ3v) is 6.45. The largest absolute Gasteiger partial charge is 0.487 e. The second kappa shape index (κ2) is 9.16. The summed E-state index contributed by atoms with van der Waals surface area (Å²) in [6, 6.07) is 7.11. The summed E-state index contributed by atoms with van der Waals surface area (Å²) >= 11 is 0. The summed E-state index contributed by atoms with van der Waals surface area (Å²) in [4.78, 5) is 17.2. The lowest BCUT2D eigenvalue weighted by Crippen LogP contribution is -2.50. The van der Waals surface area contributed by atoms with Crippen LogP contribution < -0.4 is 4.74 Å². The molecule has 30 heavy (non-hydrogen) atoms. The Morgan fingerprint density at radius 3 is 2.47 bits per heavy atom. The van der Waals surface area contributed by atoms with Gasteiger partial charge in [0.1, 0.15) is 11.9 Å². The number of nitrogens with zero attached hydrogens (tertiary/aromatic N) is 3. The molecule has 0 bridgehead atoms. The summed E-state index contributed by atoms with van der Waals surface area (Å²) in [6.07, 6.45) is 4.22. The lowest BCUT2D eigenvalue weighted by atomic mass is 9.98. The molecule has 0 N–H and O–H groups in total. The fourth-order valence-electron chi connectivity index (χ4n) is 4.58. The van der Waals surface area contributed by atoms with Crippen molar-refractivity contribution in [3.63, 3.8) is 0 Å². The van der Waals surface area contributed by atoms with Crippen LogP contribution in [0.5, 0.6) is 5.75 Å². The van der Waals surface area contributed by atoms with Crippen LogP contribution >= 0.6 is 0 Å². The van der Waals surface area contributed by atoms with Gasteiger partial charge in [-0.25, -0.2) is 4.39 Å². The fourth-order valence-corrected chi connectivity index (χ4v) is 4.58. The van der Waals surface area contributed by atoms with E-state index in [1.807, 2.05) is 18.7 Å². The summed E-state index contributed by atoms with van der Waals surface area (Å²) in [5.74, 6) is 0.936. The summed E-state index contributed by atoms with van der Waals surface area (Å²) < 4.78 is 24.8. The van der Waals surface area contributed by atoms with Crippen molar-refractivity contribution in [2.24, 2.45) is 0 Å². The number of para-hydroxylation sites is 1. The summed E-state index contributed by atoms with van der Waals surface area (Å²) in [5.41, 5.74) is 1.72. The molecule has 1 amide bonds. The number of aryl methyl sites for hydroxylation is 2. The number of hydrogen-bond acceptors (Lipinski definition) is 5. The molecule has 4 rings (SSSR count). The molecule has 1 aromatic heterocycles. The van der Waals surface area contributed by atoms with E-state index in [0.29, 0.717) is 18.2 Å². The Kier molecular flexibility index (Phi) is 6.37. The minimum Gasteiger partial charge on any atom is -0.487 e. The maximum atomic E-state index is 13.8. The number of rotatable bonds is 5. The zero-order valence-electron chi connectivity index (χ0n) is 17.8. The molecule has 0 unspecified atom stereocenters. The Labute approximate surface area is 177 Å². The first-order chi connectivity index (χ1) is 14.5. The number of benzene rings is 1. The second-order valence-corrected chi connectivity index (χ2v) is 8.38. The molecular formula is C23H30FN3O3. The number of piperidine rings is 2. The Morgan fingerprint density at radius 1 is 1.13 bits per heavy atom. The molecular weight excluding hydrogens is 385 g/mol. The molecule has 162 valence electrons. The minimum atomic E-state index is -0.298. The Balaban J connectivity index is 1.22. The lowest BCUT2D eigenvalue weighted by molar-refractivity contribution is -0.132. The maximum Gasteiger partial charge on any atom is 0.227 e. The predicted octanol–water partition coefficient (Wildman–Crippen LogP) is 3.51. The highest BCUT2D eigenvalue weighted by Crippen LogP contribution is 2.25. The molecule has 2 fully saturated rings. The van der Waals surface area contributed by atoms with Gasteiger partial charge >= 0.3 is 0 Å². The SMILES string of the molecule is Cc1noc(C)c1CC(=O)N1CCC(N2CCC(Oc3ccccc3F)CC2)CC1. The number of halogens is 1. The number of carbonyl (C=O) groups excluding carboxylic acids is 1. The van der Waals surface area contributed by atoms with Crippen LogP contribution in [0.15, 0.2) is 28.8 Å². The van der Waals surface area contributed by atoms with Gasteiger partial charge in [0.25, 0.3) is 0 Å². The predicted molar refractivity (Wildman–Crippen MR) is 111 cm³/mol. The van der Waals surface area contributed by atoms with E-state index in [9.17, 15) is 9.18 Å². The van der Waals surface area contributed by atoms with Crippen LogP contribution in [0.4, 0.5) is 4.39 Å². The molecule has 2 aliphatic rings. The number of likely N-dealkylation sites (tertiary alicyclic amines) is 2. The lowest BCUT2D eigenvalue weighted by Gasteiger charge is -2.41. The molecule has 0 atom stereocenters. The molecule has 7 heteroatoms. The average molecular weight is 416 g/mol. The summed E-state index contributed by atoms with van der Waals surface area (Å²) in [5, 5.41) is 3.94. The van der Waals surface area contributed by atoms with Gasteiger partial charge in [0, 0.05) is 37.8 Å². The quantitative estimate of drug-likeness (QED) is 0.748. The fraction of sp³-hybridized carbons (Fsp3) is 0.565. The third kappa shape index (κ3) is 4.67. The smallest absolute Gasteiger partial charge is 0.227 e. The molecule has 2 aromatic rings. The summed E-state index contributed by atoms with van der Waals surface area (Å²) in [7, 11) is 0. The van der Waals surface area contributed by atoms with Crippen LogP contribution in [-0.4, -0.2) is 59.2 Å². The topological polar surface area (TPSA) is 58.8 Å². The van der Waals surface area contributed by atoms with Crippen LogP contribution in [-0.2, 0) is 11.2 Å². The van der Waals surface area contributed by atoms with E-state index in [0.717, 1.165) is 68.9 Å². The van der Waals surface area contributed by atoms with Crippen molar-refractivity contribution in [1.29, 1.82) is 0 Å². The van der Waals surface area contributed by atoms with E-state index in [4.69, 9.17) is 9.26 Å². The number of aromatic nitrogens is 1. The van der Waals surface area contributed by atoms with E-state index in [-0.39, 0.29) is 17.8 Å². The van der Waals surface area contributed by atoms with Gasteiger partial charge in [-0.05, 0) is 51.7 Å². The van der Waals surface area contributed by atoms with E-state index >= 15 is 0 Å². The van der Waals surface area contributed by atoms with Gasteiger partial charge in [-0.2, -0.15) is 0 Å². The molecule has 0 saturated carbocycles. The van der Waals surface area contributed by atoms with E-state index in [1.54, 1.807) is 18.2 Å². The molecule has 2 saturated heterocycles. The molecule has 2 aliphatic heterocycles. The van der Waals surface area contributed by atoms with E-state index < -0.39 is 0 Å². The van der Waals surface area contributed by atoms with Gasteiger partial charge in [-0.1, -0.05) is 17.3 Å². The van der Waals surface area contributed by atoms with Gasteiger partial charge in [0.15, 0.2) is 11.6 Å². The highest BCUT2D eigenvalue weighted by molar-refractivity contribution is 5.79. The van der Waals surface area contributed by atoms with E-state index in [2.05, 4.69) is 10.1 Å². The Morgan fingerprint density at radius 2 is 1.83 bits per heavy atom. The van der Waals surface area contributed by atoms with Gasteiger partial charge in [0.2, 0.25) is 5.91 Å². The molecule has 6 nitrogen and oxygen atoms in total. The van der Waals surface area contributed by atoms with Crippen LogP contribution in [0, 0.1) is 19.7 Å². The molecule has 3 heterocycles. The zero-order chi connectivity index (χ0) is 21.1. The Bertz CT molecular complexity index is 849. The van der Waals surface area contributed by atoms with Crippen molar-refractivity contribution in [3.8, 4) is 5.75 Å². The molecule has 0 aliphatic carbocycles. The number of carbonyl (C=O) groups is 1. The number of hydrogen-bond donors (Lipinski definition) is 0. The first-order valence-electron chi connectivity index (χ1n) is 10.9. The standard InChI is InChI=1S/C23H30FN3O3/c1-16-20(17(2)30-25-16)15-23(28)27-11-7-18(8-12-27)26-13-9-19(10-14-26)29-22-6-4-3-5-21(22)24/h3-6,18-19H,7-15H2,1-2H3. The van der Waals surface area contributed by atoms with Crippen LogP contribution in [0.2, 0.25) is 0 Å². The highest BCUT2D eigenvalue weighted by Gasteiger charge is 2.30. The van der Waals surface area contributed by atoms with Gasteiger partial charge < -0.3 is 14.2 Å². The highest BCUT2D eigenvalue weighted by atomic mass is 19.1. The van der Waals surface area contributed by atoms with E-state index in [1.165, 1.54) is 6.07 Å². The zero-order valence-corrected chi connectivity index (χ0v) is 17.8. The van der Waals surface area contributed by atoms with Gasteiger partial charge in [-0.3, -0.25) is 9.69 Å². The van der Waals surface area contributed by atoms with Crippen molar-refractivity contribution in [2.45, 2.75) is 58.1 Å². The number of amides is 1. The van der Waals surface area contributed by atoms with Crippen LogP contribution in [0.25, 0.3) is 0 Å². The maximum absolute atomic E-state index is 13.8. The van der Waals surface area contributed by atoms with Crippen molar-refractivity contribution in [1.82, 2.24) is 15.0 Å². The molecule has 0 spiro atoms. The average Bonchev–Trinajstić information content (AvgIpc) is 3.08. The number of ether oxygens (including phenoxy) is 1. The monoisotopic (exact) mass is 415 g/mol. The van der Waals surface area contributed by atoms with Crippen molar-refractivity contribution < 1.29 is 18.4 Å². The van der Waals surface area contributed by atoms with Crippen LogP contribution in [0.1, 0.15) is 42.7 Å².